The van der Waals surface area contributed by atoms with E-state index in [1.54, 1.807) is 18.4 Å². The molecule has 33 heavy (non-hydrogen) atoms. The Hall–Kier alpha value is -4.13. The first kappa shape index (κ1) is 20.8. The topological polar surface area (TPSA) is 81.3 Å². The van der Waals surface area contributed by atoms with E-state index in [-0.39, 0.29) is 6.61 Å². The van der Waals surface area contributed by atoms with Crippen LogP contribution in [0.25, 0.3) is 6.08 Å². The van der Waals surface area contributed by atoms with E-state index in [2.05, 4.69) is 5.10 Å². The molecule has 7 nitrogen and oxygen atoms in total. The Kier molecular flexibility index (Phi) is 5.52. The van der Waals surface area contributed by atoms with Gasteiger partial charge in [0.05, 0.1) is 17.5 Å². The van der Waals surface area contributed by atoms with Gasteiger partial charge in [0, 0.05) is 12.0 Å². The van der Waals surface area contributed by atoms with E-state index in [1.807, 2.05) is 61.5 Å². The van der Waals surface area contributed by atoms with Crippen LogP contribution in [0.15, 0.2) is 82.0 Å². The van der Waals surface area contributed by atoms with Gasteiger partial charge in [-0.1, -0.05) is 48.0 Å². The quantitative estimate of drug-likeness (QED) is 0.551. The summed E-state index contributed by atoms with van der Waals surface area (Å²) in [6, 6.07) is 18.6. The number of ether oxygens (including phenoxy) is 2. The second kappa shape index (κ2) is 8.78. The van der Waals surface area contributed by atoms with Crippen LogP contribution >= 0.6 is 0 Å². The Labute approximate surface area is 190 Å². The predicted octanol–water partition coefficient (Wildman–Crippen LogP) is 4.28. The molecular formula is C26H22N2O5. The Morgan fingerprint density at radius 2 is 1.91 bits per heavy atom. The number of para-hydroxylation sites is 1. The maximum absolute atomic E-state index is 13.0. The smallest absolute Gasteiger partial charge is 0.338 e. The van der Waals surface area contributed by atoms with Crippen LogP contribution in [0.1, 0.15) is 34.9 Å². The minimum absolute atomic E-state index is 0.0957. The average molecular weight is 442 g/mol. The van der Waals surface area contributed by atoms with Crippen molar-refractivity contribution in [2.24, 2.45) is 5.10 Å². The van der Waals surface area contributed by atoms with Gasteiger partial charge in [0.25, 0.3) is 5.91 Å². The third-order valence-corrected chi connectivity index (χ3v) is 5.64. The minimum Gasteiger partial charge on any atom is -0.488 e. The van der Waals surface area contributed by atoms with Gasteiger partial charge in [-0.15, -0.1) is 0 Å². The lowest BCUT2D eigenvalue weighted by molar-refractivity contribution is -0.150. The molecule has 1 unspecified atom stereocenters. The summed E-state index contributed by atoms with van der Waals surface area (Å²) in [5.74, 6) is 0.320. The molecule has 2 aliphatic heterocycles. The van der Waals surface area contributed by atoms with Crippen molar-refractivity contribution in [3.8, 4) is 5.75 Å². The van der Waals surface area contributed by atoms with Crippen LogP contribution in [0.5, 0.6) is 5.75 Å². The monoisotopic (exact) mass is 442 g/mol. The number of hydrazone groups is 1. The fraction of sp³-hybridized carbons (Fsp3) is 0.192. The zero-order valence-electron chi connectivity index (χ0n) is 18.1. The van der Waals surface area contributed by atoms with Crippen LogP contribution in [0.4, 0.5) is 0 Å². The molecule has 3 aromatic rings. The summed E-state index contributed by atoms with van der Waals surface area (Å²) in [7, 11) is 0. The van der Waals surface area contributed by atoms with Crippen LogP contribution in [0, 0.1) is 6.92 Å². The van der Waals surface area contributed by atoms with Crippen molar-refractivity contribution in [2.75, 3.05) is 13.2 Å². The minimum atomic E-state index is -0.589. The van der Waals surface area contributed by atoms with Crippen molar-refractivity contribution in [2.45, 2.75) is 19.4 Å². The van der Waals surface area contributed by atoms with E-state index in [0.717, 1.165) is 22.4 Å². The van der Waals surface area contributed by atoms with Gasteiger partial charge in [-0.2, -0.15) is 5.10 Å². The van der Waals surface area contributed by atoms with Gasteiger partial charge in [-0.05, 0) is 36.8 Å². The SMILES string of the molecule is Cc1ccc(C2=NN(C(=O)COC(=O)C3=Cc4ccccc4OC3)C(c3ccco3)C2)cc1. The molecule has 0 aliphatic carbocycles. The fourth-order valence-corrected chi connectivity index (χ4v) is 3.88. The fourth-order valence-electron chi connectivity index (χ4n) is 3.88. The van der Waals surface area contributed by atoms with Crippen molar-refractivity contribution in [1.29, 1.82) is 0 Å². The maximum atomic E-state index is 13.0. The molecule has 0 saturated heterocycles. The largest absolute Gasteiger partial charge is 0.488 e. The molecule has 0 bridgehead atoms. The molecule has 0 N–H and O–H groups in total. The number of benzene rings is 2. The van der Waals surface area contributed by atoms with Gasteiger partial charge in [0.15, 0.2) is 6.61 Å². The van der Waals surface area contributed by atoms with Crippen molar-refractivity contribution >= 4 is 23.7 Å². The number of carbonyl (C=O) groups excluding carboxylic acids is 2. The summed E-state index contributed by atoms with van der Waals surface area (Å²) in [4.78, 5) is 25.6. The van der Waals surface area contributed by atoms with Crippen molar-refractivity contribution in [3.63, 3.8) is 0 Å². The second-order valence-corrected chi connectivity index (χ2v) is 7.96. The molecule has 1 amide bonds. The zero-order valence-corrected chi connectivity index (χ0v) is 18.1. The van der Waals surface area contributed by atoms with Gasteiger partial charge >= 0.3 is 5.97 Å². The lowest BCUT2D eigenvalue weighted by atomic mass is 10.0. The number of hydrogen-bond acceptors (Lipinski definition) is 6. The van der Waals surface area contributed by atoms with Gasteiger partial charge in [-0.3, -0.25) is 4.79 Å². The molecule has 3 heterocycles. The molecule has 7 heteroatoms. The number of esters is 1. The first-order chi connectivity index (χ1) is 16.1. The maximum Gasteiger partial charge on any atom is 0.338 e. The number of carbonyl (C=O) groups is 2. The highest BCUT2D eigenvalue weighted by molar-refractivity contribution is 6.03. The van der Waals surface area contributed by atoms with E-state index >= 15 is 0 Å². The molecule has 2 aromatic carbocycles. The molecule has 1 aromatic heterocycles. The Morgan fingerprint density at radius 3 is 2.70 bits per heavy atom. The first-order valence-corrected chi connectivity index (χ1v) is 10.7. The molecule has 166 valence electrons. The van der Waals surface area contributed by atoms with E-state index in [0.29, 0.717) is 23.5 Å². The van der Waals surface area contributed by atoms with Gasteiger partial charge in [0.1, 0.15) is 24.2 Å². The highest BCUT2D eigenvalue weighted by Gasteiger charge is 2.35. The number of fused-ring (bicyclic) bond motifs is 1. The molecule has 0 spiro atoms. The molecule has 0 fully saturated rings. The summed E-state index contributed by atoms with van der Waals surface area (Å²) in [5.41, 5.74) is 4.01. The Bertz CT molecular complexity index is 1240. The highest BCUT2D eigenvalue weighted by Crippen LogP contribution is 2.33. The number of nitrogens with zero attached hydrogens (tertiary/aromatic N) is 2. The van der Waals surface area contributed by atoms with Crippen LogP contribution < -0.4 is 4.74 Å². The second-order valence-electron chi connectivity index (χ2n) is 7.96. The third-order valence-electron chi connectivity index (χ3n) is 5.64. The van der Waals surface area contributed by atoms with E-state index < -0.39 is 24.5 Å². The molecule has 0 radical (unpaired) electrons. The number of furan rings is 1. The predicted molar refractivity (Wildman–Crippen MR) is 122 cm³/mol. The van der Waals surface area contributed by atoms with E-state index in [4.69, 9.17) is 13.9 Å². The van der Waals surface area contributed by atoms with E-state index in [9.17, 15) is 9.59 Å². The lowest BCUT2D eigenvalue weighted by Crippen LogP contribution is -2.31. The van der Waals surface area contributed by atoms with Crippen LogP contribution in [0.3, 0.4) is 0 Å². The molecule has 5 rings (SSSR count). The van der Waals surface area contributed by atoms with Crippen molar-refractivity contribution in [1.82, 2.24) is 5.01 Å². The number of amides is 1. The summed E-state index contributed by atoms with van der Waals surface area (Å²) in [5, 5.41) is 5.90. The van der Waals surface area contributed by atoms with Crippen LogP contribution in [0.2, 0.25) is 0 Å². The van der Waals surface area contributed by atoms with Gasteiger partial charge in [-0.25, -0.2) is 9.80 Å². The van der Waals surface area contributed by atoms with Gasteiger partial charge in [0.2, 0.25) is 0 Å². The Balaban J connectivity index is 1.31. The van der Waals surface area contributed by atoms with E-state index in [1.165, 1.54) is 5.01 Å². The molecular weight excluding hydrogens is 420 g/mol. The summed E-state index contributed by atoms with van der Waals surface area (Å²) in [6.45, 7) is 1.68. The number of rotatable bonds is 5. The number of hydrogen-bond donors (Lipinski definition) is 0. The normalized spacial score (nSPS) is 17.0. The number of aryl methyl sites for hydroxylation is 1. The zero-order chi connectivity index (χ0) is 22.8. The summed E-state index contributed by atoms with van der Waals surface area (Å²) >= 11 is 0. The first-order valence-electron chi connectivity index (χ1n) is 10.7. The summed E-state index contributed by atoms with van der Waals surface area (Å²) < 4.78 is 16.5. The van der Waals surface area contributed by atoms with Crippen molar-refractivity contribution in [3.05, 3.63) is 95.0 Å². The van der Waals surface area contributed by atoms with Crippen LogP contribution in [-0.4, -0.2) is 35.8 Å². The van der Waals surface area contributed by atoms with Crippen molar-refractivity contribution < 1.29 is 23.5 Å². The molecule has 1 atom stereocenters. The molecule has 2 aliphatic rings. The standard InChI is InChI=1S/C26H22N2O5/c1-17-8-10-18(11-9-17)21-14-22(24-7-4-12-31-24)28(27-21)25(29)16-33-26(30)20-13-19-5-2-3-6-23(19)32-15-20/h2-13,22H,14-16H2,1H3. The van der Waals surface area contributed by atoms with Gasteiger partial charge < -0.3 is 13.9 Å². The lowest BCUT2D eigenvalue weighted by Gasteiger charge is -2.20. The van der Waals surface area contributed by atoms with Crippen LogP contribution in [-0.2, 0) is 14.3 Å². The average Bonchev–Trinajstić information content (AvgIpc) is 3.53. The highest BCUT2D eigenvalue weighted by atomic mass is 16.5. The molecule has 0 saturated carbocycles. The Morgan fingerprint density at radius 1 is 1.09 bits per heavy atom. The third kappa shape index (κ3) is 4.30. The summed E-state index contributed by atoms with van der Waals surface area (Å²) in [6.07, 6.45) is 3.79.